The fraction of sp³-hybridized carbons (Fsp3) is 0.533. The van der Waals surface area contributed by atoms with Crippen LogP contribution in [0.2, 0.25) is 0 Å². The molecule has 0 saturated heterocycles. The first-order valence-electron chi connectivity index (χ1n) is 7.01. The van der Waals surface area contributed by atoms with Gasteiger partial charge in [0.25, 0.3) is 0 Å². The number of nitrogens with zero attached hydrogens (tertiary/aromatic N) is 2. The second-order valence-corrected chi connectivity index (χ2v) is 5.13. The monoisotopic (exact) mass is 261 g/mol. The van der Waals surface area contributed by atoms with Crippen molar-refractivity contribution in [3.8, 4) is 0 Å². The zero-order valence-electron chi connectivity index (χ0n) is 11.7. The molecule has 2 atom stereocenters. The van der Waals surface area contributed by atoms with Crippen molar-refractivity contribution in [2.45, 2.75) is 51.6 Å². The Hall–Kier alpha value is -1.55. The van der Waals surface area contributed by atoms with Gasteiger partial charge in [0.15, 0.2) is 0 Å². The SMILES string of the molecule is CCC(C)n1ccc(CC(N)CCc2ccco2)n1. The number of aryl methyl sites for hydroxylation is 1. The molecule has 0 aliphatic rings. The van der Waals surface area contributed by atoms with Crippen molar-refractivity contribution < 1.29 is 4.42 Å². The lowest BCUT2D eigenvalue weighted by molar-refractivity contribution is 0.465. The van der Waals surface area contributed by atoms with Gasteiger partial charge >= 0.3 is 0 Å². The highest BCUT2D eigenvalue weighted by molar-refractivity contribution is 5.03. The molecule has 0 amide bonds. The predicted molar refractivity (Wildman–Crippen MR) is 75.9 cm³/mol. The number of hydrogen-bond acceptors (Lipinski definition) is 3. The summed E-state index contributed by atoms with van der Waals surface area (Å²) in [6, 6.07) is 6.55. The molecule has 4 heteroatoms. The molecule has 19 heavy (non-hydrogen) atoms. The highest BCUT2D eigenvalue weighted by Gasteiger charge is 2.09. The van der Waals surface area contributed by atoms with E-state index < -0.39 is 0 Å². The quantitative estimate of drug-likeness (QED) is 0.833. The minimum absolute atomic E-state index is 0.130. The van der Waals surface area contributed by atoms with Crippen molar-refractivity contribution in [2.24, 2.45) is 5.73 Å². The van der Waals surface area contributed by atoms with E-state index >= 15 is 0 Å². The number of furan rings is 1. The van der Waals surface area contributed by atoms with E-state index in [0.717, 1.165) is 37.1 Å². The van der Waals surface area contributed by atoms with Crippen LogP contribution in [0.15, 0.2) is 35.1 Å². The van der Waals surface area contributed by atoms with Crippen LogP contribution in [0.1, 0.15) is 44.2 Å². The fourth-order valence-electron chi connectivity index (χ4n) is 2.07. The first kappa shape index (κ1) is 13.9. The summed E-state index contributed by atoms with van der Waals surface area (Å²) < 4.78 is 7.33. The summed E-state index contributed by atoms with van der Waals surface area (Å²) in [6.45, 7) is 4.34. The maximum atomic E-state index is 6.15. The molecule has 0 fully saturated rings. The average molecular weight is 261 g/mol. The van der Waals surface area contributed by atoms with Gasteiger partial charge in [-0.2, -0.15) is 5.10 Å². The molecule has 2 heterocycles. The maximum Gasteiger partial charge on any atom is 0.103 e. The van der Waals surface area contributed by atoms with Crippen LogP contribution >= 0.6 is 0 Å². The predicted octanol–water partition coefficient (Wildman–Crippen LogP) is 2.95. The minimum Gasteiger partial charge on any atom is -0.469 e. The van der Waals surface area contributed by atoms with Gasteiger partial charge in [-0.05, 0) is 38.0 Å². The number of aromatic nitrogens is 2. The smallest absolute Gasteiger partial charge is 0.103 e. The molecule has 4 nitrogen and oxygen atoms in total. The molecule has 2 unspecified atom stereocenters. The van der Waals surface area contributed by atoms with Gasteiger partial charge < -0.3 is 10.2 Å². The molecule has 0 radical (unpaired) electrons. The first-order chi connectivity index (χ1) is 9.19. The molecular weight excluding hydrogens is 238 g/mol. The van der Waals surface area contributed by atoms with Crippen LogP contribution in [0, 0.1) is 0 Å². The summed E-state index contributed by atoms with van der Waals surface area (Å²) in [6.07, 6.45) is 7.47. The number of nitrogens with two attached hydrogens (primary N) is 1. The van der Waals surface area contributed by atoms with Gasteiger partial charge in [-0.3, -0.25) is 4.68 Å². The van der Waals surface area contributed by atoms with Gasteiger partial charge in [0.2, 0.25) is 0 Å². The highest BCUT2D eigenvalue weighted by atomic mass is 16.3. The van der Waals surface area contributed by atoms with E-state index in [0.29, 0.717) is 6.04 Å². The molecule has 0 aliphatic heterocycles. The third-order valence-corrected chi connectivity index (χ3v) is 3.52. The Balaban J connectivity index is 1.81. The fourth-order valence-corrected chi connectivity index (χ4v) is 2.07. The van der Waals surface area contributed by atoms with Crippen LogP contribution in [-0.2, 0) is 12.8 Å². The first-order valence-corrected chi connectivity index (χ1v) is 7.01. The van der Waals surface area contributed by atoms with E-state index in [9.17, 15) is 0 Å². The van der Waals surface area contributed by atoms with Crippen LogP contribution in [0.4, 0.5) is 0 Å². The van der Waals surface area contributed by atoms with Gasteiger partial charge in [0.05, 0.1) is 12.0 Å². The van der Waals surface area contributed by atoms with Crippen molar-refractivity contribution in [1.82, 2.24) is 9.78 Å². The third-order valence-electron chi connectivity index (χ3n) is 3.52. The normalized spacial score (nSPS) is 14.5. The zero-order chi connectivity index (χ0) is 13.7. The van der Waals surface area contributed by atoms with E-state index in [1.165, 1.54) is 0 Å². The summed E-state index contributed by atoms with van der Waals surface area (Å²) in [5, 5.41) is 4.58. The van der Waals surface area contributed by atoms with E-state index in [1.807, 2.05) is 23.0 Å². The Bertz CT molecular complexity index is 475. The van der Waals surface area contributed by atoms with Crippen molar-refractivity contribution in [3.63, 3.8) is 0 Å². The van der Waals surface area contributed by atoms with Crippen molar-refractivity contribution >= 4 is 0 Å². The molecule has 2 rings (SSSR count). The molecule has 0 aromatic carbocycles. The largest absolute Gasteiger partial charge is 0.469 e. The zero-order valence-corrected chi connectivity index (χ0v) is 11.7. The minimum atomic E-state index is 0.130. The molecule has 2 aromatic heterocycles. The van der Waals surface area contributed by atoms with E-state index in [2.05, 4.69) is 25.0 Å². The Labute approximate surface area is 114 Å². The number of rotatable bonds is 7. The second kappa shape index (κ2) is 6.57. The van der Waals surface area contributed by atoms with Gasteiger partial charge in [-0.1, -0.05) is 6.92 Å². The van der Waals surface area contributed by atoms with E-state index in [1.54, 1.807) is 6.26 Å². The summed E-state index contributed by atoms with van der Waals surface area (Å²) in [7, 11) is 0. The van der Waals surface area contributed by atoms with Gasteiger partial charge in [0, 0.05) is 31.1 Å². The van der Waals surface area contributed by atoms with E-state index in [-0.39, 0.29) is 6.04 Å². The molecule has 2 N–H and O–H groups in total. The summed E-state index contributed by atoms with van der Waals surface area (Å²) >= 11 is 0. The van der Waals surface area contributed by atoms with Gasteiger partial charge in [0.1, 0.15) is 5.76 Å². The van der Waals surface area contributed by atoms with Crippen LogP contribution in [-0.4, -0.2) is 15.8 Å². The Kier molecular flexibility index (Phi) is 4.80. The molecule has 0 bridgehead atoms. The third kappa shape index (κ3) is 3.96. The van der Waals surface area contributed by atoms with Gasteiger partial charge in [-0.15, -0.1) is 0 Å². The Morgan fingerprint density at radius 1 is 1.42 bits per heavy atom. The molecule has 0 spiro atoms. The lowest BCUT2D eigenvalue weighted by Gasteiger charge is -2.10. The van der Waals surface area contributed by atoms with Crippen LogP contribution in [0.3, 0.4) is 0 Å². The number of hydrogen-bond donors (Lipinski definition) is 1. The molecule has 2 aromatic rings. The maximum absolute atomic E-state index is 6.15. The Morgan fingerprint density at radius 3 is 2.95 bits per heavy atom. The molecule has 104 valence electrons. The summed E-state index contributed by atoms with van der Waals surface area (Å²) in [4.78, 5) is 0. The van der Waals surface area contributed by atoms with Crippen LogP contribution < -0.4 is 5.73 Å². The lowest BCUT2D eigenvalue weighted by Crippen LogP contribution is -2.23. The summed E-state index contributed by atoms with van der Waals surface area (Å²) in [5.41, 5.74) is 7.23. The van der Waals surface area contributed by atoms with Crippen LogP contribution in [0.25, 0.3) is 0 Å². The van der Waals surface area contributed by atoms with Gasteiger partial charge in [-0.25, -0.2) is 0 Å². The lowest BCUT2D eigenvalue weighted by atomic mass is 10.1. The highest BCUT2D eigenvalue weighted by Crippen LogP contribution is 2.12. The molecular formula is C15H23N3O. The van der Waals surface area contributed by atoms with Crippen LogP contribution in [0.5, 0.6) is 0 Å². The van der Waals surface area contributed by atoms with Crippen molar-refractivity contribution in [3.05, 3.63) is 42.1 Å². The Morgan fingerprint density at radius 2 is 2.26 bits per heavy atom. The van der Waals surface area contributed by atoms with E-state index in [4.69, 9.17) is 10.2 Å². The average Bonchev–Trinajstić information content (AvgIpc) is 3.06. The topological polar surface area (TPSA) is 57.0 Å². The standard InChI is InChI=1S/C15H23N3O/c1-3-12(2)18-9-8-14(17-18)11-13(16)6-7-15-5-4-10-19-15/h4-5,8-10,12-13H,3,6-7,11,16H2,1-2H3. The van der Waals surface area contributed by atoms with Crippen molar-refractivity contribution in [1.29, 1.82) is 0 Å². The summed E-state index contributed by atoms with van der Waals surface area (Å²) in [5.74, 6) is 1.00. The van der Waals surface area contributed by atoms with Crippen molar-refractivity contribution in [2.75, 3.05) is 0 Å². The molecule has 0 aliphatic carbocycles. The molecule has 0 saturated carbocycles. The second-order valence-electron chi connectivity index (χ2n) is 5.13.